The van der Waals surface area contributed by atoms with Gasteiger partial charge >= 0.3 is 12.4 Å². The summed E-state index contributed by atoms with van der Waals surface area (Å²) in [6, 6.07) is 3.17. The Balaban J connectivity index is 2.04. The van der Waals surface area contributed by atoms with Gasteiger partial charge in [-0.05, 0) is 11.1 Å². The number of aromatic nitrogens is 2. The lowest BCUT2D eigenvalue weighted by molar-refractivity contribution is -0.720. The number of hydrogen-bond acceptors (Lipinski definition) is 0. The van der Waals surface area contributed by atoms with Crippen LogP contribution in [0.25, 0.3) is 11.1 Å². The molecule has 0 radical (unpaired) electrons. The Kier molecular flexibility index (Phi) is 3.85. The maximum Gasteiger partial charge on any atom is 0.448 e. The zero-order chi connectivity index (χ0) is 18.6. The van der Waals surface area contributed by atoms with Gasteiger partial charge < -0.3 is 0 Å². The molecule has 0 aromatic carbocycles. The summed E-state index contributed by atoms with van der Waals surface area (Å²) < 4.78 is 77.9. The average Bonchev–Trinajstić information content (AvgIpc) is 2.64. The van der Waals surface area contributed by atoms with Crippen LogP contribution in [-0.4, -0.2) is 12.4 Å². The molecule has 0 atom stereocenters. The molecule has 2 aromatic heterocycles. The van der Waals surface area contributed by atoms with E-state index in [2.05, 4.69) is 0 Å². The van der Waals surface area contributed by atoms with Crippen LogP contribution in [-0.2, 0) is 18.5 Å². The van der Waals surface area contributed by atoms with E-state index in [1.807, 2.05) is 0 Å². The minimum Gasteiger partial charge on any atom is -0.195 e. The molecule has 0 unspecified atom stereocenters. The zero-order valence-corrected chi connectivity index (χ0v) is 13.5. The van der Waals surface area contributed by atoms with Crippen LogP contribution in [0.4, 0.5) is 26.3 Å². The van der Waals surface area contributed by atoms with Gasteiger partial charge in [-0.3, -0.25) is 0 Å². The lowest BCUT2D eigenvalue weighted by atomic mass is 9.84. The Morgan fingerprint density at radius 2 is 1.12 bits per heavy atom. The molecule has 0 saturated heterocycles. The van der Waals surface area contributed by atoms with E-state index in [1.165, 1.54) is 24.8 Å². The second-order valence-electron chi connectivity index (χ2n) is 6.74. The summed E-state index contributed by atoms with van der Waals surface area (Å²) >= 11 is 0. The highest BCUT2D eigenvalue weighted by Crippen LogP contribution is 2.47. The van der Waals surface area contributed by atoms with Gasteiger partial charge in [-0.25, -0.2) is 0 Å². The summed E-state index contributed by atoms with van der Waals surface area (Å²) in [7, 11) is 0. The third-order valence-corrected chi connectivity index (χ3v) is 4.40. The van der Waals surface area contributed by atoms with E-state index in [-0.39, 0.29) is 0 Å². The van der Waals surface area contributed by atoms with Gasteiger partial charge in [0.15, 0.2) is 24.8 Å². The van der Waals surface area contributed by atoms with E-state index in [1.54, 1.807) is 26.0 Å². The highest BCUT2D eigenvalue weighted by Gasteiger charge is 2.42. The van der Waals surface area contributed by atoms with Gasteiger partial charge in [-0.1, -0.05) is 13.8 Å². The largest absolute Gasteiger partial charge is 0.448 e. The molecular weight excluding hydrogens is 346 g/mol. The Bertz CT molecular complexity index is 753. The molecule has 25 heavy (non-hydrogen) atoms. The number of pyridine rings is 2. The van der Waals surface area contributed by atoms with Crippen molar-refractivity contribution in [3.05, 3.63) is 48.0 Å². The Morgan fingerprint density at radius 1 is 0.760 bits per heavy atom. The highest BCUT2D eigenvalue weighted by atomic mass is 19.4. The first kappa shape index (κ1) is 17.7. The topological polar surface area (TPSA) is 7.76 Å². The van der Waals surface area contributed by atoms with Crippen LogP contribution in [0.1, 0.15) is 25.0 Å². The van der Waals surface area contributed by atoms with Crippen molar-refractivity contribution in [3.63, 3.8) is 0 Å². The van der Waals surface area contributed by atoms with Gasteiger partial charge in [0.25, 0.3) is 0 Å². The first-order valence-electron chi connectivity index (χ1n) is 7.58. The molecule has 0 N–H and O–H groups in total. The first-order chi connectivity index (χ1) is 11.4. The number of nitrogens with zero attached hydrogens (tertiary/aromatic N) is 2. The molecule has 8 heteroatoms. The second kappa shape index (κ2) is 5.44. The summed E-state index contributed by atoms with van der Waals surface area (Å²) in [5, 5.41) is 0. The molecule has 0 aliphatic heterocycles. The summed E-state index contributed by atoms with van der Waals surface area (Å²) in [5.74, 6) is 0. The summed E-state index contributed by atoms with van der Waals surface area (Å²) in [6.45, 7) is 1.38. The Morgan fingerprint density at radius 3 is 1.44 bits per heavy atom. The fourth-order valence-electron chi connectivity index (χ4n) is 3.30. The molecule has 1 aliphatic carbocycles. The molecular formula is C17H16F6N2+2. The monoisotopic (exact) mass is 362 g/mol. The molecule has 2 heterocycles. The molecule has 3 rings (SSSR count). The van der Waals surface area contributed by atoms with Crippen molar-refractivity contribution in [1.29, 1.82) is 0 Å². The second-order valence-corrected chi connectivity index (χ2v) is 6.74. The van der Waals surface area contributed by atoms with Crippen LogP contribution in [0.3, 0.4) is 0 Å². The standard InChI is InChI=1S/C17H16F6N2/c1-15(2)13-7-24(9-16(18,19)20)5-3-11(13)12-4-6-25(8-14(12)15)10-17(21,22)23/h3-8H,9-10H2,1-2H3/q+2. The van der Waals surface area contributed by atoms with Crippen molar-refractivity contribution in [3.8, 4) is 11.1 Å². The van der Waals surface area contributed by atoms with E-state index in [9.17, 15) is 26.3 Å². The SMILES string of the molecule is CC1(C)c2c[n+](CC(F)(F)F)ccc2-c2cc[n+](CC(F)(F)F)cc21. The summed E-state index contributed by atoms with van der Waals surface area (Å²) in [5.41, 5.74) is 2.14. The van der Waals surface area contributed by atoms with Crippen molar-refractivity contribution in [2.45, 2.75) is 44.7 Å². The summed E-state index contributed by atoms with van der Waals surface area (Å²) in [4.78, 5) is 0. The fraction of sp³-hybridized carbons (Fsp3) is 0.412. The van der Waals surface area contributed by atoms with Crippen molar-refractivity contribution in [1.82, 2.24) is 0 Å². The molecule has 0 saturated carbocycles. The van der Waals surface area contributed by atoms with Crippen LogP contribution >= 0.6 is 0 Å². The third kappa shape index (κ3) is 3.48. The predicted octanol–water partition coefficient (Wildman–Crippen LogP) is 3.69. The van der Waals surface area contributed by atoms with Gasteiger partial charge in [0.05, 0.1) is 0 Å². The van der Waals surface area contributed by atoms with Crippen LogP contribution in [0, 0.1) is 0 Å². The maximum absolute atomic E-state index is 12.6. The minimum absolute atomic E-state index is 0.666. The molecule has 1 aliphatic rings. The van der Waals surface area contributed by atoms with E-state index < -0.39 is 30.9 Å². The maximum atomic E-state index is 12.6. The van der Waals surface area contributed by atoms with Gasteiger partial charge in [0, 0.05) is 28.7 Å². The normalized spacial score (nSPS) is 15.8. The number of rotatable bonds is 2. The van der Waals surface area contributed by atoms with E-state index in [0.717, 1.165) is 20.3 Å². The highest BCUT2D eigenvalue weighted by molar-refractivity contribution is 5.78. The first-order valence-corrected chi connectivity index (χ1v) is 7.58. The molecule has 134 valence electrons. The smallest absolute Gasteiger partial charge is 0.195 e. The third-order valence-electron chi connectivity index (χ3n) is 4.40. The number of hydrogen-bond donors (Lipinski definition) is 0. The zero-order valence-electron chi connectivity index (χ0n) is 13.5. The molecule has 2 aromatic rings. The van der Waals surface area contributed by atoms with Crippen molar-refractivity contribution >= 4 is 0 Å². The van der Waals surface area contributed by atoms with Crippen LogP contribution < -0.4 is 9.13 Å². The van der Waals surface area contributed by atoms with Crippen LogP contribution in [0.2, 0.25) is 0 Å². The van der Waals surface area contributed by atoms with Gasteiger partial charge in [-0.15, -0.1) is 0 Å². The van der Waals surface area contributed by atoms with Gasteiger partial charge in [-0.2, -0.15) is 35.5 Å². The number of fused-ring (bicyclic) bond motifs is 3. The Hall–Kier alpha value is -2.12. The number of halogens is 6. The molecule has 0 bridgehead atoms. The minimum atomic E-state index is -4.34. The van der Waals surface area contributed by atoms with Crippen molar-refractivity contribution in [2.24, 2.45) is 0 Å². The summed E-state index contributed by atoms with van der Waals surface area (Å²) in [6.07, 6.45) is -3.15. The lowest BCUT2D eigenvalue weighted by Crippen LogP contribution is -2.42. The van der Waals surface area contributed by atoms with E-state index in [0.29, 0.717) is 11.1 Å². The van der Waals surface area contributed by atoms with E-state index in [4.69, 9.17) is 0 Å². The Labute approximate surface area is 140 Å². The van der Waals surface area contributed by atoms with E-state index >= 15 is 0 Å². The van der Waals surface area contributed by atoms with Gasteiger partial charge in [0.1, 0.15) is 0 Å². The molecule has 0 amide bonds. The molecule has 0 fully saturated rings. The van der Waals surface area contributed by atoms with Crippen LogP contribution in [0.15, 0.2) is 36.9 Å². The van der Waals surface area contributed by atoms with Crippen molar-refractivity contribution < 1.29 is 35.5 Å². The quantitative estimate of drug-likeness (QED) is 0.569. The van der Waals surface area contributed by atoms with Gasteiger partial charge in [0.2, 0.25) is 13.1 Å². The average molecular weight is 362 g/mol. The van der Waals surface area contributed by atoms with Crippen molar-refractivity contribution in [2.75, 3.05) is 0 Å². The lowest BCUT2D eigenvalue weighted by Gasteiger charge is -2.18. The predicted molar refractivity (Wildman–Crippen MR) is 76.5 cm³/mol. The number of alkyl halides is 6. The molecule has 0 spiro atoms. The van der Waals surface area contributed by atoms with Crippen LogP contribution in [0.5, 0.6) is 0 Å². The fourth-order valence-corrected chi connectivity index (χ4v) is 3.30. The molecule has 2 nitrogen and oxygen atoms in total.